The van der Waals surface area contributed by atoms with Crippen LogP contribution in [0.3, 0.4) is 0 Å². The van der Waals surface area contributed by atoms with Gasteiger partial charge in [0.25, 0.3) is 0 Å². The van der Waals surface area contributed by atoms with Gasteiger partial charge < -0.3 is 9.32 Å². The van der Waals surface area contributed by atoms with Crippen LogP contribution in [0, 0.1) is 0 Å². The molecule has 0 aliphatic heterocycles. The summed E-state index contributed by atoms with van der Waals surface area (Å²) in [4.78, 5) is 2.36. The maximum absolute atomic E-state index is 6.46. The minimum absolute atomic E-state index is 0.428. The van der Waals surface area contributed by atoms with Crippen molar-refractivity contribution in [1.82, 2.24) is 0 Å². The molecule has 12 aromatic carbocycles. The fourth-order valence-electron chi connectivity index (χ4n) is 12.4. The first-order chi connectivity index (χ1) is 37.7. The van der Waals surface area contributed by atoms with Crippen molar-refractivity contribution in [3.63, 3.8) is 0 Å². The van der Waals surface area contributed by atoms with Crippen molar-refractivity contribution in [2.75, 3.05) is 4.90 Å². The third-order valence-electron chi connectivity index (χ3n) is 15.8. The normalized spacial score (nSPS) is 12.6. The van der Waals surface area contributed by atoms with Gasteiger partial charge >= 0.3 is 0 Å². The molecule has 76 heavy (non-hydrogen) atoms. The molecule has 0 saturated heterocycles. The Labute approximate surface area is 445 Å². The Kier molecular flexibility index (Phi) is 10.3. The topological polar surface area (TPSA) is 16.4 Å². The average Bonchev–Trinajstić information content (AvgIpc) is 4.31. The molecule has 15 rings (SSSR count). The van der Waals surface area contributed by atoms with E-state index in [0.717, 1.165) is 50.1 Å². The summed E-state index contributed by atoms with van der Waals surface area (Å²) in [7, 11) is 0. The Morgan fingerprint density at radius 3 is 1.42 bits per heavy atom. The molecule has 0 bridgehead atoms. The van der Waals surface area contributed by atoms with Gasteiger partial charge in [-0.15, -0.1) is 11.3 Å². The smallest absolute Gasteiger partial charge is 0.143 e. The van der Waals surface area contributed by atoms with Crippen LogP contribution < -0.4 is 4.90 Å². The molecule has 3 heteroatoms. The summed E-state index contributed by atoms with van der Waals surface area (Å²) in [6.45, 7) is 0. The summed E-state index contributed by atoms with van der Waals surface area (Å²) in [6.07, 6.45) is 0. The number of hydrogen-bond acceptors (Lipinski definition) is 3. The molecule has 1 aliphatic carbocycles. The van der Waals surface area contributed by atoms with Crippen molar-refractivity contribution in [3.8, 4) is 55.6 Å². The van der Waals surface area contributed by atoms with Gasteiger partial charge in [-0.1, -0.05) is 237 Å². The largest absolute Gasteiger partial charge is 0.455 e. The predicted molar refractivity (Wildman–Crippen MR) is 320 cm³/mol. The fraction of sp³-hybridized carbons (Fsp3) is 0.0137. The van der Waals surface area contributed by atoms with Gasteiger partial charge in [0.2, 0.25) is 0 Å². The van der Waals surface area contributed by atoms with E-state index in [1.165, 1.54) is 86.9 Å². The highest BCUT2D eigenvalue weighted by molar-refractivity contribution is 7.26. The molecular weight excluding hydrogens is 939 g/mol. The molecule has 1 aliphatic rings. The lowest BCUT2D eigenvalue weighted by Crippen LogP contribution is -2.28. The molecule has 0 spiro atoms. The number of nitrogens with zero attached hydrogens (tertiary/aromatic N) is 1. The molecule has 2 heterocycles. The van der Waals surface area contributed by atoms with E-state index >= 15 is 0 Å². The lowest BCUT2D eigenvalue weighted by Gasteiger charge is -2.34. The standard InChI is InChI=1S/C73H47NOS/c1-3-16-48(17-4-1)49-34-42-55(43-35-49)74(57-46-38-51(39-47-57)59-24-13-26-64-63-22-9-12-30-68(63)75-71(59)64)56-44-36-50(37-45-56)58-23-15-31-69-70(58)65-27-14-25-60(72(65)76-69)52-32-40-54(41-33-52)73(53-18-5-2-6-19-53)66-28-10-7-20-61(66)62-21-8-11-29-67(62)73/h1-47H. The molecular formula is C73H47NOS. The van der Waals surface area contributed by atoms with E-state index in [9.17, 15) is 0 Å². The summed E-state index contributed by atoms with van der Waals surface area (Å²) >= 11 is 1.89. The zero-order valence-corrected chi connectivity index (χ0v) is 42.2. The number of thiophene rings is 1. The van der Waals surface area contributed by atoms with Crippen molar-refractivity contribution in [2.45, 2.75) is 5.41 Å². The lowest BCUT2D eigenvalue weighted by molar-refractivity contribution is 0.670. The number of fused-ring (bicyclic) bond motifs is 9. The summed E-state index contributed by atoms with van der Waals surface area (Å²) in [5, 5.41) is 4.83. The van der Waals surface area contributed by atoms with Crippen LogP contribution in [0.15, 0.2) is 290 Å². The van der Waals surface area contributed by atoms with Crippen molar-refractivity contribution in [1.29, 1.82) is 0 Å². The maximum atomic E-state index is 6.46. The van der Waals surface area contributed by atoms with Crippen LogP contribution in [0.1, 0.15) is 22.3 Å². The number of hydrogen-bond donors (Lipinski definition) is 0. The van der Waals surface area contributed by atoms with E-state index in [1.807, 2.05) is 23.5 Å². The van der Waals surface area contributed by atoms with Gasteiger partial charge in [-0.25, -0.2) is 0 Å². The first kappa shape index (κ1) is 44.0. The average molecular weight is 986 g/mol. The summed E-state index contributed by atoms with van der Waals surface area (Å²) in [6, 6.07) is 104. The third-order valence-corrected chi connectivity index (χ3v) is 17.0. The van der Waals surface area contributed by atoms with Crippen molar-refractivity contribution in [2.24, 2.45) is 0 Å². The first-order valence-corrected chi connectivity index (χ1v) is 26.9. The minimum Gasteiger partial charge on any atom is -0.455 e. The van der Waals surface area contributed by atoms with E-state index < -0.39 is 5.41 Å². The van der Waals surface area contributed by atoms with Crippen LogP contribution in [0.5, 0.6) is 0 Å². The SMILES string of the molecule is c1ccc(-c2ccc(N(c3ccc(-c4cccc5c4oc4ccccc45)cc3)c3ccc(-c4cccc5sc6c(-c7ccc(C8(c9ccccc9)c9ccccc9-c9ccccc98)cc7)cccc6c45)cc3)cc2)cc1. The van der Waals surface area contributed by atoms with Gasteiger partial charge in [-0.2, -0.15) is 0 Å². The monoisotopic (exact) mass is 985 g/mol. The molecule has 0 fully saturated rings. The Morgan fingerprint density at radius 2 is 0.750 bits per heavy atom. The second-order valence-corrected chi connectivity index (χ2v) is 20.9. The molecule has 0 saturated carbocycles. The highest BCUT2D eigenvalue weighted by Gasteiger charge is 2.45. The highest BCUT2D eigenvalue weighted by Crippen LogP contribution is 2.56. The van der Waals surface area contributed by atoms with Crippen LogP contribution in [0.4, 0.5) is 17.1 Å². The first-order valence-electron chi connectivity index (χ1n) is 26.1. The van der Waals surface area contributed by atoms with E-state index in [2.05, 4.69) is 278 Å². The van der Waals surface area contributed by atoms with E-state index in [1.54, 1.807) is 0 Å². The Balaban J connectivity index is 0.795. The zero-order valence-electron chi connectivity index (χ0n) is 41.4. The van der Waals surface area contributed by atoms with Crippen molar-refractivity contribution in [3.05, 3.63) is 307 Å². The van der Waals surface area contributed by atoms with Gasteiger partial charge in [0.15, 0.2) is 0 Å². The zero-order chi connectivity index (χ0) is 50.2. The summed E-state index contributed by atoms with van der Waals surface area (Å²) in [5.74, 6) is 0. The molecule has 356 valence electrons. The van der Waals surface area contributed by atoms with Crippen molar-refractivity contribution < 1.29 is 4.42 Å². The molecule has 0 amide bonds. The molecule has 0 radical (unpaired) electrons. The summed E-state index contributed by atoms with van der Waals surface area (Å²) in [5.41, 5.74) is 21.9. The van der Waals surface area contributed by atoms with E-state index in [0.29, 0.717) is 0 Å². The maximum Gasteiger partial charge on any atom is 0.143 e. The fourth-order valence-corrected chi connectivity index (χ4v) is 13.6. The third kappa shape index (κ3) is 6.94. The summed E-state index contributed by atoms with van der Waals surface area (Å²) < 4.78 is 9.04. The quantitative estimate of drug-likeness (QED) is 0.143. The van der Waals surface area contributed by atoms with E-state index in [4.69, 9.17) is 4.42 Å². The van der Waals surface area contributed by atoms with Gasteiger partial charge in [0.05, 0.1) is 5.41 Å². The Hall–Kier alpha value is -9.54. The lowest BCUT2D eigenvalue weighted by atomic mass is 9.67. The Bertz CT molecular complexity index is 4430. The van der Waals surface area contributed by atoms with Gasteiger partial charge in [-0.3, -0.25) is 0 Å². The van der Waals surface area contributed by atoms with Gasteiger partial charge in [0.1, 0.15) is 11.2 Å². The van der Waals surface area contributed by atoms with Gasteiger partial charge in [0, 0.05) is 53.6 Å². The van der Waals surface area contributed by atoms with Crippen LogP contribution in [-0.4, -0.2) is 0 Å². The molecule has 2 aromatic heterocycles. The number of benzene rings is 12. The highest BCUT2D eigenvalue weighted by atomic mass is 32.1. The second kappa shape index (κ2) is 17.8. The van der Waals surface area contributed by atoms with Gasteiger partial charge in [-0.05, 0) is 121 Å². The Morgan fingerprint density at radius 1 is 0.303 bits per heavy atom. The molecule has 14 aromatic rings. The number of para-hydroxylation sites is 2. The number of anilines is 3. The number of furan rings is 1. The molecule has 0 unspecified atom stereocenters. The minimum atomic E-state index is -0.428. The van der Waals surface area contributed by atoms with E-state index in [-0.39, 0.29) is 0 Å². The molecule has 0 N–H and O–H groups in total. The van der Waals surface area contributed by atoms with Crippen molar-refractivity contribution >= 4 is 70.5 Å². The second-order valence-electron chi connectivity index (χ2n) is 19.9. The van der Waals surface area contributed by atoms with Crippen LogP contribution >= 0.6 is 11.3 Å². The predicted octanol–water partition coefficient (Wildman–Crippen LogP) is 20.5. The number of rotatable bonds is 9. The van der Waals surface area contributed by atoms with Crippen LogP contribution in [0.25, 0.3) is 97.7 Å². The molecule has 2 nitrogen and oxygen atoms in total. The molecule has 0 atom stereocenters. The van der Waals surface area contributed by atoms with Crippen LogP contribution in [0.2, 0.25) is 0 Å². The van der Waals surface area contributed by atoms with Crippen LogP contribution in [-0.2, 0) is 5.41 Å².